The van der Waals surface area contributed by atoms with Gasteiger partial charge in [-0.1, -0.05) is 22.9 Å². The van der Waals surface area contributed by atoms with Gasteiger partial charge in [-0.25, -0.2) is 9.07 Å². The van der Waals surface area contributed by atoms with Crippen molar-refractivity contribution in [1.82, 2.24) is 20.3 Å². The Labute approximate surface area is 148 Å². The van der Waals surface area contributed by atoms with E-state index in [-0.39, 0.29) is 5.02 Å². The Morgan fingerprint density at radius 1 is 1.12 bits per heavy atom. The van der Waals surface area contributed by atoms with Crippen LogP contribution in [0.4, 0.5) is 4.39 Å². The molecule has 126 valence electrons. The second-order valence-corrected chi connectivity index (χ2v) is 6.06. The van der Waals surface area contributed by atoms with E-state index in [1.54, 1.807) is 23.2 Å². The van der Waals surface area contributed by atoms with Crippen molar-refractivity contribution in [3.05, 3.63) is 77.0 Å². The highest BCUT2D eigenvalue weighted by atomic mass is 35.5. The van der Waals surface area contributed by atoms with Crippen LogP contribution in [0.5, 0.6) is 0 Å². The maximum Gasteiger partial charge on any atom is 0.141 e. The molecule has 0 saturated heterocycles. The Hall–Kier alpha value is -2.70. The highest BCUT2D eigenvalue weighted by Gasteiger charge is 2.06. The van der Waals surface area contributed by atoms with Crippen molar-refractivity contribution < 1.29 is 8.81 Å². The van der Waals surface area contributed by atoms with E-state index in [1.165, 1.54) is 12.1 Å². The number of hydrogen-bond donors (Lipinski definition) is 1. The first-order chi connectivity index (χ1) is 12.2. The van der Waals surface area contributed by atoms with Crippen LogP contribution in [0, 0.1) is 5.82 Å². The molecule has 7 heteroatoms. The SMILES string of the molecule is Fc1ccc(-n2cc(CNCc3ccc4occc4c3)nn2)cc1Cl. The smallest absolute Gasteiger partial charge is 0.141 e. The molecule has 0 amide bonds. The van der Waals surface area contributed by atoms with E-state index in [0.29, 0.717) is 18.8 Å². The predicted molar refractivity (Wildman–Crippen MR) is 93.1 cm³/mol. The summed E-state index contributed by atoms with van der Waals surface area (Å²) in [5.74, 6) is -0.456. The molecule has 25 heavy (non-hydrogen) atoms. The van der Waals surface area contributed by atoms with Crippen molar-refractivity contribution in [3.8, 4) is 5.69 Å². The average Bonchev–Trinajstić information content (AvgIpc) is 3.26. The molecule has 4 rings (SSSR count). The molecule has 2 heterocycles. The Morgan fingerprint density at radius 2 is 2.04 bits per heavy atom. The van der Waals surface area contributed by atoms with Crippen LogP contribution < -0.4 is 5.32 Å². The van der Waals surface area contributed by atoms with Crippen molar-refractivity contribution in [3.63, 3.8) is 0 Å². The maximum absolute atomic E-state index is 13.2. The number of rotatable bonds is 5. The minimum absolute atomic E-state index is 0.0577. The molecular formula is C18H14ClFN4O. The lowest BCUT2D eigenvalue weighted by atomic mass is 10.1. The van der Waals surface area contributed by atoms with E-state index in [9.17, 15) is 4.39 Å². The van der Waals surface area contributed by atoms with E-state index in [4.69, 9.17) is 16.0 Å². The number of furan rings is 1. The summed E-state index contributed by atoms with van der Waals surface area (Å²) in [6, 6.07) is 12.4. The highest BCUT2D eigenvalue weighted by molar-refractivity contribution is 6.30. The lowest BCUT2D eigenvalue weighted by molar-refractivity contribution is 0.615. The van der Waals surface area contributed by atoms with Crippen molar-refractivity contribution in [1.29, 1.82) is 0 Å². The summed E-state index contributed by atoms with van der Waals surface area (Å²) < 4.78 is 20.1. The molecule has 4 aromatic rings. The molecule has 0 unspecified atom stereocenters. The third-order valence-corrected chi connectivity index (χ3v) is 4.15. The van der Waals surface area contributed by atoms with E-state index in [0.717, 1.165) is 22.2 Å². The molecule has 1 N–H and O–H groups in total. The van der Waals surface area contributed by atoms with Gasteiger partial charge in [-0.3, -0.25) is 0 Å². The molecule has 2 aromatic heterocycles. The van der Waals surface area contributed by atoms with Gasteiger partial charge in [-0.05, 0) is 42.0 Å². The molecule has 0 aliphatic carbocycles. The first kappa shape index (κ1) is 15.8. The van der Waals surface area contributed by atoms with Crippen LogP contribution in [0.3, 0.4) is 0 Å². The van der Waals surface area contributed by atoms with Gasteiger partial charge in [-0.2, -0.15) is 0 Å². The second kappa shape index (κ2) is 6.66. The third kappa shape index (κ3) is 3.40. The summed E-state index contributed by atoms with van der Waals surface area (Å²) in [5, 5.41) is 12.6. The number of nitrogens with zero attached hydrogens (tertiary/aromatic N) is 3. The zero-order valence-corrected chi connectivity index (χ0v) is 13.9. The standard InChI is InChI=1S/C18H14ClFN4O/c19-16-8-15(2-3-17(16)20)24-11-14(22-23-24)10-21-9-12-1-4-18-13(7-12)5-6-25-18/h1-8,11,21H,9-10H2. The largest absolute Gasteiger partial charge is 0.464 e. The Morgan fingerprint density at radius 3 is 2.92 bits per heavy atom. The van der Waals surface area contributed by atoms with Gasteiger partial charge in [0.25, 0.3) is 0 Å². The van der Waals surface area contributed by atoms with Crippen LogP contribution >= 0.6 is 11.6 Å². The van der Waals surface area contributed by atoms with Gasteiger partial charge < -0.3 is 9.73 Å². The first-order valence-corrected chi connectivity index (χ1v) is 8.10. The molecule has 0 aliphatic rings. The Balaban J connectivity index is 1.40. The highest BCUT2D eigenvalue weighted by Crippen LogP contribution is 2.19. The lowest BCUT2D eigenvalue weighted by Crippen LogP contribution is -2.12. The summed E-state index contributed by atoms with van der Waals surface area (Å²) >= 11 is 5.80. The van der Waals surface area contributed by atoms with Crippen LogP contribution in [-0.4, -0.2) is 15.0 Å². The summed E-state index contributed by atoms with van der Waals surface area (Å²) in [7, 11) is 0. The van der Waals surface area contributed by atoms with Crippen LogP contribution in [-0.2, 0) is 13.1 Å². The normalized spacial score (nSPS) is 11.3. The van der Waals surface area contributed by atoms with Gasteiger partial charge in [0.15, 0.2) is 0 Å². The number of hydrogen-bond acceptors (Lipinski definition) is 4. The van der Waals surface area contributed by atoms with Crippen molar-refractivity contribution in [2.45, 2.75) is 13.1 Å². The first-order valence-electron chi connectivity index (χ1n) is 7.72. The van der Waals surface area contributed by atoms with Gasteiger partial charge in [0.1, 0.15) is 11.4 Å². The number of halogens is 2. The van der Waals surface area contributed by atoms with Gasteiger partial charge in [-0.15, -0.1) is 5.10 Å². The van der Waals surface area contributed by atoms with E-state index in [2.05, 4.69) is 21.7 Å². The lowest BCUT2D eigenvalue weighted by Gasteiger charge is -2.03. The fourth-order valence-corrected chi connectivity index (χ4v) is 2.77. The Kier molecular flexibility index (Phi) is 4.21. The minimum Gasteiger partial charge on any atom is -0.464 e. The predicted octanol–water partition coefficient (Wildman–Crippen LogP) is 4.10. The maximum atomic E-state index is 13.2. The summed E-state index contributed by atoms with van der Waals surface area (Å²) in [6.07, 6.45) is 3.47. The molecule has 0 saturated carbocycles. The zero-order chi connectivity index (χ0) is 17.2. The van der Waals surface area contributed by atoms with Gasteiger partial charge in [0, 0.05) is 18.5 Å². The summed E-state index contributed by atoms with van der Waals surface area (Å²) in [5.41, 5.74) is 3.48. The molecule has 0 spiro atoms. The van der Waals surface area contributed by atoms with Crippen LogP contribution in [0.2, 0.25) is 5.02 Å². The number of benzene rings is 2. The van der Waals surface area contributed by atoms with E-state index < -0.39 is 5.82 Å². The van der Waals surface area contributed by atoms with Gasteiger partial charge in [0.05, 0.1) is 28.9 Å². The molecule has 2 aromatic carbocycles. The second-order valence-electron chi connectivity index (χ2n) is 5.65. The third-order valence-electron chi connectivity index (χ3n) is 3.86. The topological polar surface area (TPSA) is 55.9 Å². The monoisotopic (exact) mass is 356 g/mol. The molecule has 0 atom stereocenters. The number of nitrogens with one attached hydrogen (secondary N) is 1. The van der Waals surface area contributed by atoms with E-state index >= 15 is 0 Å². The fourth-order valence-electron chi connectivity index (χ4n) is 2.59. The van der Waals surface area contributed by atoms with Crippen LogP contribution in [0.1, 0.15) is 11.3 Å². The van der Waals surface area contributed by atoms with E-state index in [1.807, 2.05) is 18.2 Å². The fraction of sp³-hybridized carbons (Fsp3) is 0.111. The summed E-state index contributed by atoms with van der Waals surface area (Å²) in [6.45, 7) is 1.27. The summed E-state index contributed by atoms with van der Waals surface area (Å²) in [4.78, 5) is 0. The molecule has 0 bridgehead atoms. The Bertz CT molecular complexity index is 1030. The number of fused-ring (bicyclic) bond motifs is 1. The molecule has 5 nitrogen and oxygen atoms in total. The molecular weight excluding hydrogens is 343 g/mol. The van der Waals surface area contributed by atoms with Crippen LogP contribution in [0.15, 0.2) is 59.3 Å². The van der Waals surface area contributed by atoms with Crippen LogP contribution in [0.25, 0.3) is 16.7 Å². The quantitative estimate of drug-likeness (QED) is 0.585. The molecule has 0 radical (unpaired) electrons. The average molecular weight is 357 g/mol. The van der Waals surface area contributed by atoms with Gasteiger partial charge >= 0.3 is 0 Å². The van der Waals surface area contributed by atoms with Crippen molar-refractivity contribution >= 4 is 22.6 Å². The number of aromatic nitrogens is 3. The molecule has 0 aliphatic heterocycles. The van der Waals surface area contributed by atoms with Crippen molar-refractivity contribution in [2.24, 2.45) is 0 Å². The molecule has 0 fully saturated rings. The zero-order valence-electron chi connectivity index (χ0n) is 13.1. The van der Waals surface area contributed by atoms with Crippen molar-refractivity contribution in [2.75, 3.05) is 0 Å². The minimum atomic E-state index is -0.456. The van der Waals surface area contributed by atoms with Gasteiger partial charge in [0.2, 0.25) is 0 Å².